The van der Waals surface area contributed by atoms with Gasteiger partial charge in [0.15, 0.2) is 0 Å². The van der Waals surface area contributed by atoms with E-state index in [1.807, 2.05) is 0 Å². The molecule has 1 aromatic carbocycles. The summed E-state index contributed by atoms with van der Waals surface area (Å²) >= 11 is 11.7. The van der Waals surface area contributed by atoms with Crippen molar-refractivity contribution in [2.75, 3.05) is 5.32 Å². The molecule has 0 saturated carbocycles. The number of nitrogens with zero attached hydrogens (tertiary/aromatic N) is 2. The Balaban J connectivity index is 2.09. The normalized spacial score (nSPS) is 12.2. The summed E-state index contributed by atoms with van der Waals surface area (Å²) in [5, 5.41) is 7.63. The Morgan fingerprint density at radius 3 is 2.78 bits per heavy atom. The van der Waals surface area contributed by atoms with Gasteiger partial charge in [-0.15, -0.1) is 0 Å². The highest BCUT2D eigenvalue weighted by molar-refractivity contribution is 6.42. The monoisotopic (exact) mass is 283 g/mol. The molecule has 0 saturated heterocycles. The van der Waals surface area contributed by atoms with Crippen LogP contribution in [-0.2, 0) is 4.79 Å². The molecule has 1 N–H and O–H groups in total. The van der Waals surface area contributed by atoms with E-state index in [9.17, 15) is 4.79 Å². The number of aromatic nitrogens is 2. The van der Waals surface area contributed by atoms with Gasteiger partial charge in [-0.25, -0.2) is 0 Å². The quantitative estimate of drug-likeness (QED) is 0.939. The molecule has 18 heavy (non-hydrogen) atoms. The SMILES string of the molecule is CC(C(=O)Nc1ccc(Cl)c(Cl)c1)n1cccn1. The molecule has 0 bridgehead atoms. The second-order valence-corrected chi connectivity index (χ2v) is 4.59. The van der Waals surface area contributed by atoms with Crippen LogP contribution in [0.2, 0.25) is 10.0 Å². The minimum absolute atomic E-state index is 0.169. The topological polar surface area (TPSA) is 46.9 Å². The molecule has 94 valence electrons. The molecule has 4 nitrogen and oxygen atoms in total. The molecule has 1 aromatic heterocycles. The zero-order valence-corrected chi connectivity index (χ0v) is 11.1. The van der Waals surface area contributed by atoms with Crippen molar-refractivity contribution in [3.63, 3.8) is 0 Å². The second kappa shape index (κ2) is 5.42. The Morgan fingerprint density at radius 1 is 1.39 bits per heavy atom. The third-order valence-electron chi connectivity index (χ3n) is 2.49. The molecule has 0 aliphatic rings. The fourth-order valence-electron chi connectivity index (χ4n) is 1.45. The number of hydrogen-bond acceptors (Lipinski definition) is 2. The number of hydrogen-bond donors (Lipinski definition) is 1. The molecular formula is C12H11Cl2N3O. The van der Waals surface area contributed by atoms with Crippen LogP contribution in [0.3, 0.4) is 0 Å². The van der Waals surface area contributed by atoms with E-state index >= 15 is 0 Å². The number of benzene rings is 1. The fourth-order valence-corrected chi connectivity index (χ4v) is 1.75. The second-order valence-electron chi connectivity index (χ2n) is 3.78. The predicted molar refractivity (Wildman–Crippen MR) is 72.0 cm³/mol. The third kappa shape index (κ3) is 2.83. The van der Waals surface area contributed by atoms with E-state index in [1.54, 1.807) is 48.3 Å². The average molecular weight is 284 g/mol. The standard InChI is InChI=1S/C12H11Cl2N3O/c1-8(17-6-2-5-15-17)12(18)16-9-3-4-10(13)11(14)7-9/h2-8H,1H3,(H,16,18). The molecule has 0 spiro atoms. The Kier molecular flexibility index (Phi) is 3.89. The minimum atomic E-state index is -0.394. The number of rotatable bonds is 3. The predicted octanol–water partition coefficient (Wildman–Crippen LogP) is 3.39. The van der Waals surface area contributed by atoms with Gasteiger partial charge in [-0.3, -0.25) is 9.48 Å². The van der Waals surface area contributed by atoms with Gasteiger partial charge in [0.1, 0.15) is 6.04 Å². The van der Waals surface area contributed by atoms with Crippen LogP contribution in [0, 0.1) is 0 Å². The lowest BCUT2D eigenvalue weighted by atomic mass is 10.2. The van der Waals surface area contributed by atoms with Gasteiger partial charge in [0, 0.05) is 18.1 Å². The Morgan fingerprint density at radius 2 is 2.17 bits per heavy atom. The largest absolute Gasteiger partial charge is 0.324 e. The minimum Gasteiger partial charge on any atom is -0.324 e. The van der Waals surface area contributed by atoms with Crippen LogP contribution in [-0.4, -0.2) is 15.7 Å². The zero-order valence-electron chi connectivity index (χ0n) is 9.60. The first-order valence-electron chi connectivity index (χ1n) is 5.33. The van der Waals surface area contributed by atoms with Crippen LogP contribution in [0.5, 0.6) is 0 Å². The van der Waals surface area contributed by atoms with E-state index in [2.05, 4.69) is 10.4 Å². The molecular weight excluding hydrogens is 273 g/mol. The van der Waals surface area contributed by atoms with E-state index < -0.39 is 6.04 Å². The molecule has 1 atom stereocenters. The molecule has 0 radical (unpaired) electrons. The highest BCUT2D eigenvalue weighted by Crippen LogP contribution is 2.25. The van der Waals surface area contributed by atoms with Crippen LogP contribution in [0.4, 0.5) is 5.69 Å². The van der Waals surface area contributed by atoms with Gasteiger partial charge in [0.05, 0.1) is 10.0 Å². The van der Waals surface area contributed by atoms with Crippen molar-refractivity contribution in [2.45, 2.75) is 13.0 Å². The van der Waals surface area contributed by atoms with Crippen molar-refractivity contribution < 1.29 is 4.79 Å². The number of carbonyl (C=O) groups excluding carboxylic acids is 1. The van der Waals surface area contributed by atoms with Crippen LogP contribution in [0.1, 0.15) is 13.0 Å². The lowest BCUT2D eigenvalue weighted by Gasteiger charge is -2.13. The summed E-state index contributed by atoms with van der Waals surface area (Å²) < 4.78 is 1.58. The Labute approximate surface area is 115 Å². The maximum atomic E-state index is 12.0. The van der Waals surface area contributed by atoms with Crippen molar-refractivity contribution in [2.24, 2.45) is 0 Å². The van der Waals surface area contributed by atoms with Crippen LogP contribution >= 0.6 is 23.2 Å². The summed E-state index contributed by atoms with van der Waals surface area (Å²) in [6.07, 6.45) is 3.36. The molecule has 0 fully saturated rings. The van der Waals surface area contributed by atoms with Crippen molar-refractivity contribution >= 4 is 34.8 Å². The van der Waals surface area contributed by atoms with Gasteiger partial charge < -0.3 is 5.32 Å². The summed E-state index contributed by atoms with van der Waals surface area (Å²) in [5.41, 5.74) is 0.605. The van der Waals surface area contributed by atoms with Gasteiger partial charge in [-0.05, 0) is 31.2 Å². The molecule has 1 heterocycles. The zero-order chi connectivity index (χ0) is 13.1. The number of carbonyl (C=O) groups is 1. The first kappa shape index (κ1) is 12.9. The Bertz CT molecular complexity index is 554. The van der Waals surface area contributed by atoms with Gasteiger partial charge in [-0.2, -0.15) is 5.10 Å². The lowest BCUT2D eigenvalue weighted by Crippen LogP contribution is -2.23. The maximum Gasteiger partial charge on any atom is 0.248 e. The van der Waals surface area contributed by atoms with Gasteiger partial charge in [0.25, 0.3) is 0 Å². The van der Waals surface area contributed by atoms with Crippen molar-refractivity contribution in [3.8, 4) is 0 Å². The van der Waals surface area contributed by atoms with E-state index in [0.717, 1.165) is 0 Å². The van der Waals surface area contributed by atoms with Gasteiger partial charge in [-0.1, -0.05) is 23.2 Å². The first-order valence-corrected chi connectivity index (χ1v) is 6.08. The van der Waals surface area contributed by atoms with Crippen LogP contribution < -0.4 is 5.32 Å². The smallest absolute Gasteiger partial charge is 0.248 e. The highest BCUT2D eigenvalue weighted by Gasteiger charge is 2.15. The summed E-state index contributed by atoms with van der Waals surface area (Å²) in [4.78, 5) is 12.0. The number of halogens is 2. The molecule has 1 amide bonds. The summed E-state index contributed by atoms with van der Waals surface area (Å²) in [6, 6.07) is 6.31. The van der Waals surface area contributed by atoms with Gasteiger partial charge in [0.2, 0.25) is 5.91 Å². The highest BCUT2D eigenvalue weighted by atomic mass is 35.5. The van der Waals surface area contributed by atoms with E-state index in [1.165, 1.54) is 0 Å². The first-order chi connectivity index (χ1) is 8.58. The molecule has 2 aromatic rings. The molecule has 0 aliphatic carbocycles. The fraction of sp³-hybridized carbons (Fsp3) is 0.167. The van der Waals surface area contributed by atoms with Crippen molar-refractivity contribution in [1.82, 2.24) is 9.78 Å². The number of amides is 1. The van der Waals surface area contributed by atoms with E-state index in [4.69, 9.17) is 23.2 Å². The molecule has 1 unspecified atom stereocenters. The van der Waals surface area contributed by atoms with Crippen molar-refractivity contribution in [3.05, 3.63) is 46.7 Å². The van der Waals surface area contributed by atoms with Gasteiger partial charge >= 0.3 is 0 Å². The molecule has 6 heteroatoms. The maximum absolute atomic E-state index is 12.0. The van der Waals surface area contributed by atoms with Crippen LogP contribution in [0.25, 0.3) is 0 Å². The van der Waals surface area contributed by atoms with E-state index in [0.29, 0.717) is 15.7 Å². The van der Waals surface area contributed by atoms with E-state index in [-0.39, 0.29) is 5.91 Å². The third-order valence-corrected chi connectivity index (χ3v) is 3.23. The number of nitrogens with one attached hydrogen (secondary N) is 1. The lowest BCUT2D eigenvalue weighted by molar-refractivity contribution is -0.119. The molecule has 2 rings (SSSR count). The van der Waals surface area contributed by atoms with Crippen LogP contribution in [0.15, 0.2) is 36.7 Å². The average Bonchev–Trinajstić information content (AvgIpc) is 2.86. The summed E-state index contributed by atoms with van der Waals surface area (Å²) in [7, 11) is 0. The summed E-state index contributed by atoms with van der Waals surface area (Å²) in [5.74, 6) is -0.169. The number of anilines is 1. The summed E-state index contributed by atoms with van der Waals surface area (Å²) in [6.45, 7) is 1.76. The molecule has 0 aliphatic heterocycles. The van der Waals surface area contributed by atoms with Crippen molar-refractivity contribution in [1.29, 1.82) is 0 Å². The Hall–Kier alpha value is -1.52.